The van der Waals surface area contributed by atoms with Crippen LogP contribution < -0.4 is 10.2 Å². The van der Waals surface area contributed by atoms with Crippen molar-refractivity contribution >= 4 is 17.5 Å². The standard InChI is InChI=1S/C17H24FN3O2/c1-2-21(15-8-5-7-14(18)13-15)17(23)16(22)19-9-6-12-20-10-3-4-11-20/h5,7-8,13H,2-4,6,9-12H2,1H3,(H,19,22). The lowest BCUT2D eigenvalue weighted by Crippen LogP contribution is -2.43. The monoisotopic (exact) mass is 321 g/mol. The number of anilines is 1. The van der Waals surface area contributed by atoms with Crippen molar-refractivity contribution in [2.24, 2.45) is 0 Å². The van der Waals surface area contributed by atoms with Crippen LogP contribution in [0.1, 0.15) is 26.2 Å². The Balaban J connectivity index is 1.81. The molecule has 126 valence electrons. The molecule has 1 fully saturated rings. The molecule has 5 nitrogen and oxygen atoms in total. The van der Waals surface area contributed by atoms with Gasteiger partial charge in [-0.15, -0.1) is 0 Å². The number of carbonyl (C=O) groups is 2. The van der Waals surface area contributed by atoms with Gasteiger partial charge in [-0.1, -0.05) is 6.07 Å². The van der Waals surface area contributed by atoms with Crippen molar-refractivity contribution in [1.29, 1.82) is 0 Å². The molecule has 0 aromatic heterocycles. The number of hydrogen-bond acceptors (Lipinski definition) is 3. The van der Waals surface area contributed by atoms with E-state index in [4.69, 9.17) is 0 Å². The Kier molecular flexibility index (Phi) is 6.52. The van der Waals surface area contributed by atoms with Crippen LogP contribution in [0, 0.1) is 5.82 Å². The maximum absolute atomic E-state index is 13.3. The van der Waals surface area contributed by atoms with Gasteiger partial charge in [0.1, 0.15) is 5.82 Å². The van der Waals surface area contributed by atoms with Gasteiger partial charge in [0, 0.05) is 18.8 Å². The molecule has 1 aromatic rings. The summed E-state index contributed by atoms with van der Waals surface area (Å²) in [6.45, 7) is 5.72. The molecular weight excluding hydrogens is 297 g/mol. The zero-order chi connectivity index (χ0) is 16.7. The van der Waals surface area contributed by atoms with E-state index < -0.39 is 17.6 Å². The molecule has 2 amide bonds. The quantitative estimate of drug-likeness (QED) is 0.642. The maximum Gasteiger partial charge on any atom is 0.316 e. The third-order valence-electron chi connectivity index (χ3n) is 4.01. The Morgan fingerprint density at radius 1 is 1.30 bits per heavy atom. The van der Waals surface area contributed by atoms with Crippen molar-refractivity contribution in [3.63, 3.8) is 0 Å². The highest BCUT2D eigenvalue weighted by atomic mass is 19.1. The zero-order valence-corrected chi connectivity index (χ0v) is 13.6. The fourth-order valence-electron chi connectivity index (χ4n) is 2.80. The second-order valence-electron chi connectivity index (χ2n) is 5.69. The summed E-state index contributed by atoms with van der Waals surface area (Å²) in [5.41, 5.74) is 0.393. The van der Waals surface area contributed by atoms with Crippen LogP contribution >= 0.6 is 0 Å². The number of nitrogens with one attached hydrogen (secondary N) is 1. The molecule has 0 radical (unpaired) electrons. The molecule has 0 atom stereocenters. The predicted molar refractivity (Wildman–Crippen MR) is 87.7 cm³/mol. The SMILES string of the molecule is CCN(C(=O)C(=O)NCCCN1CCCC1)c1cccc(F)c1. The van der Waals surface area contributed by atoms with E-state index in [0.717, 1.165) is 26.1 Å². The van der Waals surface area contributed by atoms with Crippen molar-refractivity contribution in [1.82, 2.24) is 10.2 Å². The summed E-state index contributed by atoms with van der Waals surface area (Å²) < 4.78 is 13.3. The van der Waals surface area contributed by atoms with Crippen LogP contribution in [0.4, 0.5) is 10.1 Å². The van der Waals surface area contributed by atoms with E-state index >= 15 is 0 Å². The summed E-state index contributed by atoms with van der Waals surface area (Å²) in [4.78, 5) is 27.8. The summed E-state index contributed by atoms with van der Waals surface area (Å²) in [5, 5.41) is 2.65. The fraction of sp³-hybridized carbons (Fsp3) is 0.529. The van der Waals surface area contributed by atoms with E-state index in [1.807, 2.05) is 0 Å². The van der Waals surface area contributed by atoms with Crippen LogP contribution in [-0.4, -0.2) is 49.4 Å². The molecule has 1 aliphatic rings. The molecule has 0 unspecified atom stereocenters. The predicted octanol–water partition coefficient (Wildman–Crippen LogP) is 1.78. The maximum atomic E-state index is 13.3. The van der Waals surface area contributed by atoms with Gasteiger partial charge in [-0.2, -0.15) is 0 Å². The van der Waals surface area contributed by atoms with E-state index in [1.54, 1.807) is 13.0 Å². The summed E-state index contributed by atoms with van der Waals surface area (Å²) in [7, 11) is 0. The van der Waals surface area contributed by atoms with Crippen molar-refractivity contribution in [2.75, 3.05) is 37.6 Å². The number of amides is 2. The minimum atomic E-state index is -0.653. The highest BCUT2D eigenvalue weighted by Crippen LogP contribution is 2.15. The smallest absolute Gasteiger partial charge is 0.316 e. The van der Waals surface area contributed by atoms with E-state index in [-0.39, 0.29) is 0 Å². The van der Waals surface area contributed by atoms with E-state index in [1.165, 1.54) is 35.9 Å². The van der Waals surface area contributed by atoms with Gasteiger partial charge in [0.05, 0.1) is 0 Å². The van der Waals surface area contributed by atoms with Crippen LogP contribution in [0.15, 0.2) is 24.3 Å². The third-order valence-corrected chi connectivity index (χ3v) is 4.01. The molecule has 0 aliphatic carbocycles. The number of halogens is 1. The number of likely N-dealkylation sites (tertiary alicyclic amines) is 1. The lowest BCUT2D eigenvalue weighted by molar-refractivity contribution is -0.137. The van der Waals surface area contributed by atoms with Crippen LogP contribution in [0.5, 0.6) is 0 Å². The van der Waals surface area contributed by atoms with Gasteiger partial charge in [-0.3, -0.25) is 9.59 Å². The zero-order valence-electron chi connectivity index (χ0n) is 13.6. The van der Waals surface area contributed by atoms with E-state index in [0.29, 0.717) is 18.8 Å². The highest BCUT2D eigenvalue weighted by Gasteiger charge is 2.22. The summed E-state index contributed by atoms with van der Waals surface area (Å²) >= 11 is 0. The summed E-state index contributed by atoms with van der Waals surface area (Å²) in [6.07, 6.45) is 3.30. The van der Waals surface area contributed by atoms with Crippen molar-refractivity contribution in [3.8, 4) is 0 Å². The molecule has 2 rings (SSSR count). The first kappa shape index (κ1) is 17.4. The topological polar surface area (TPSA) is 52.7 Å². The second kappa shape index (κ2) is 8.62. The van der Waals surface area contributed by atoms with Crippen LogP contribution in [0.2, 0.25) is 0 Å². The van der Waals surface area contributed by atoms with Crippen LogP contribution in [-0.2, 0) is 9.59 Å². The van der Waals surface area contributed by atoms with Gasteiger partial charge >= 0.3 is 11.8 Å². The first-order valence-electron chi connectivity index (χ1n) is 8.19. The van der Waals surface area contributed by atoms with E-state index in [2.05, 4.69) is 10.2 Å². The molecule has 1 saturated heterocycles. The number of carbonyl (C=O) groups excluding carboxylic acids is 2. The third kappa shape index (κ3) is 5.03. The largest absolute Gasteiger partial charge is 0.348 e. The molecule has 1 N–H and O–H groups in total. The molecular formula is C17H24FN3O2. The molecule has 0 saturated carbocycles. The Bertz CT molecular complexity index is 544. The Morgan fingerprint density at radius 3 is 2.70 bits per heavy atom. The Hall–Kier alpha value is -1.95. The minimum Gasteiger partial charge on any atom is -0.348 e. The first-order valence-corrected chi connectivity index (χ1v) is 8.19. The van der Waals surface area contributed by atoms with Crippen molar-refractivity contribution in [3.05, 3.63) is 30.1 Å². The number of rotatable bonds is 6. The van der Waals surface area contributed by atoms with E-state index in [9.17, 15) is 14.0 Å². The van der Waals surface area contributed by atoms with Crippen molar-refractivity contribution < 1.29 is 14.0 Å². The van der Waals surface area contributed by atoms with Gasteiger partial charge in [0.2, 0.25) is 0 Å². The van der Waals surface area contributed by atoms with Crippen molar-refractivity contribution in [2.45, 2.75) is 26.2 Å². The Morgan fingerprint density at radius 2 is 2.04 bits per heavy atom. The summed E-state index contributed by atoms with van der Waals surface area (Å²) in [6, 6.07) is 5.70. The molecule has 0 bridgehead atoms. The van der Waals surface area contributed by atoms with Gasteiger partial charge in [-0.25, -0.2) is 4.39 Å². The highest BCUT2D eigenvalue weighted by molar-refractivity contribution is 6.40. The average molecular weight is 321 g/mol. The molecule has 0 spiro atoms. The second-order valence-corrected chi connectivity index (χ2v) is 5.69. The molecule has 23 heavy (non-hydrogen) atoms. The number of benzene rings is 1. The molecule has 1 aliphatic heterocycles. The normalized spacial score (nSPS) is 14.7. The molecule has 1 heterocycles. The first-order chi connectivity index (χ1) is 11.1. The number of likely N-dealkylation sites (N-methyl/N-ethyl adjacent to an activating group) is 1. The van der Waals surface area contributed by atoms with Gasteiger partial charge in [-0.05, 0) is 64.0 Å². The molecule has 6 heteroatoms. The van der Waals surface area contributed by atoms with Gasteiger partial charge in [0.15, 0.2) is 0 Å². The average Bonchev–Trinajstić information content (AvgIpc) is 3.05. The van der Waals surface area contributed by atoms with Crippen LogP contribution in [0.25, 0.3) is 0 Å². The van der Waals surface area contributed by atoms with Gasteiger partial charge < -0.3 is 15.1 Å². The minimum absolute atomic E-state index is 0.309. The Labute approximate surface area is 136 Å². The number of hydrogen-bond donors (Lipinski definition) is 1. The lowest BCUT2D eigenvalue weighted by Gasteiger charge is -2.20. The fourth-order valence-corrected chi connectivity index (χ4v) is 2.80. The summed E-state index contributed by atoms with van der Waals surface area (Å²) in [5.74, 6) is -1.73. The number of nitrogens with zero attached hydrogens (tertiary/aromatic N) is 2. The lowest BCUT2D eigenvalue weighted by atomic mass is 10.2. The van der Waals surface area contributed by atoms with Crippen LogP contribution in [0.3, 0.4) is 0 Å². The molecule has 1 aromatic carbocycles. The van der Waals surface area contributed by atoms with Gasteiger partial charge in [0.25, 0.3) is 0 Å².